The van der Waals surface area contributed by atoms with Crippen molar-refractivity contribution in [2.45, 2.75) is 19.9 Å². The Morgan fingerprint density at radius 3 is 2.73 bits per heavy atom. The van der Waals surface area contributed by atoms with E-state index in [0.717, 1.165) is 12.1 Å². The van der Waals surface area contributed by atoms with Gasteiger partial charge in [-0.3, -0.25) is 9.48 Å². The fourth-order valence-electron chi connectivity index (χ4n) is 2.24. The van der Waals surface area contributed by atoms with Crippen LogP contribution in [0.25, 0.3) is 11.5 Å². The maximum absolute atomic E-state index is 12.5. The van der Waals surface area contributed by atoms with E-state index in [2.05, 4.69) is 10.4 Å². The highest BCUT2D eigenvalue weighted by Gasteiger charge is 2.17. The summed E-state index contributed by atoms with van der Waals surface area (Å²) in [7, 11) is 0. The Balaban J connectivity index is 1.89. The largest absolute Gasteiger partial charge is 0.463 e. The molecule has 0 aliphatic heterocycles. The minimum atomic E-state index is -0.176. The molecule has 0 saturated heterocycles. The number of nitrogens with zero attached hydrogens (tertiary/aromatic N) is 2. The zero-order chi connectivity index (χ0) is 15.4. The molecule has 22 heavy (non-hydrogen) atoms. The molecule has 5 heteroatoms. The van der Waals surface area contributed by atoms with E-state index in [1.165, 1.54) is 0 Å². The molecule has 1 amide bonds. The van der Waals surface area contributed by atoms with Crippen LogP contribution in [-0.2, 0) is 6.54 Å². The van der Waals surface area contributed by atoms with Crippen molar-refractivity contribution in [1.29, 1.82) is 0 Å². The summed E-state index contributed by atoms with van der Waals surface area (Å²) >= 11 is 0. The number of carbonyl (C=O) groups excluding carboxylic acids is 1. The Hall–Kier alpha value is -2.82. The van der Waals surface area contributed by atoms with E-state index < -0.39 is 0 Å². The van der Waals surface area contributed by atoms with Crippen LogP contribution in [0, 0.1) is 0 Å². The third-order valence-electron chi connectivity index (χ3n) is 3.25. The van der Waals surface area contributed by atoms with Crippen LogP contribution in [-0.4, -0.2) is 15.7 Å². The average Bonchev–Trinajstić information content (AvgIpc) is 3.17. The number of aryl methyl sites for hydroxylation is 1. The molecular formula is C17H17N3O2. The number of anilines is 1. The van der Waals surface area contributed by atoms with Crippen molar-refractivity contribution in [3.63, 3.8) is 0 Å². The predicted octanol–water partition coefficient (Wildman–Crippen LogP) is 3.81. The van der Waals surface area contributed by atoms with E-state index in [1.54, 1.807) is 23.1 Å². The summed E-state index contributed by atoms with van der Waals surface area (Å²) < 4.78 is 7.07. The summed E-state index contributed by atoms with van der Waals surface area (Å²) in [6, 6.07) is 14.8. The summed E-state index contributed by atoms with van der Waals surface area (Å²) in [6.07, 6.45) is 2.49. The Bertz CT molecular complexity index is 746. The molecule has 112 valence electrons. The van der Waals surface area contributed by atoms with Gasteiger partial charge in [0.25, 0.3) is 5.91 Å². The van der Waals surface area contributed by atoms with Crippen LogP contribution in [0.4, 0.5) is 5.69 Å². The van der Waals surface area contributed by atoms with E-state index >= 15 is 0 Å². The lowest BCUT2D eigenvalue weighted by Crippen LogP contribution is -2.17. The second kappa shape index (κ2) is 6.30. The molecule has 2 heterocycles. The summed E-state index contributed by atoms with van der Waals surface area (Å²) in [4.78, 5) is 12.5. The fourth-order valence-corrected chi connectivity index (χ4v) is 2.24. The van der Waals surface area contributed by atoms with Gasteiger partial charge in [0.05, 0.1) is 6.26 Å². The lowest BCUT2D eigenvalue weighted by Gasteiger charge is -2.07. The molecule has 0 atom stereocenters. The average molecular weight is 295 g/mol. The number of amides is 1. The van der Waals surface area contributed by atoms with Crippen LogP contribution in [0.15, 0.2) is 59.2 Å². The van der Waals surface area contributed by atoms with Crippen LogP contribution < -0.4 is 5.32 Å². The van der Waals surface area contributed by atoms with Gasteiger partial charge in [-0.2, -0.15) is 5.10 Å². The molecule has 0 aliphatic carbocycles. The van der Waals surface area contributed by atoms with Crippen LogP contribution >= 0.6 is 0 Å². The van der Waals surface area contributed by atoms with Gasteiger partial charge >= 0.3 is 0 Å². The van der Waals surface area contributed by atoms with E-state index in [-0.39, 0.29) is 5.91 Å². The number of hydrogen-bond acceptors (Lipinski definition) is 3. The minimum Gasteiger partial charge on any atom is -0.463 e. The third kappa shape index (κ3) is 2.93. The van der Waals surface area contributed by atoms with E-state index in [9.17, 15) is 4.79 Å². The first-order chi connectivity index (χ1) is 10.8. The van der Waals surface area contributed by atoms with Crippen molar-refractivity contribution in [1.82, 2.24) is 9.78 Å². The first kappa shape index (κ1) is 14.1. The number of carbonyl (C=O) groups is 1. The van der Waals surface area contributed by atoms with Crippen LogP contribution in [0.3, 0.4) is 0 Å². The molecule has 0 unspecified atom stereocenters. The molecule has 0 spiro atoms. The number of furan rings is 1. The van der Waals surface area contributed by atoms with Gasteiger partial charge in [-0.25, -0.2) is 0 Å². The molecule has 3 aromatic rings. The van der Waals surface area contributed by atoms with Gasteiger partial charge in [0.15, 0.2) is 5.76 Å². The second-order valence-electron chi connectivity index (χ2n) is 4.94. The van der Waals surface area contributed by atoms with Crippen molar-refractivity contribution in [2.75, 3.05) is 5.32 Å². The smallest absolute Gasteiger partial charge is 0.273 e. The minimum absolute atomic E-state index is 0.176. The van der Waals surface area contributed by atoms with E-state index in [0.29, 0.717) is 23.7 Å². The molecule has 0 radical (unpaired) electrons. The number of hydrogen-bond donors (Lipinski definition) is 1. The highest BCUT2D eigenvalue weighted by molar-refractivity contribution is 6.03. The number of rotatable bonds is 5. The first-order valence-electron chi connectivity index (χ1n) is 7.26. The molecule has 0 bridgehead atoms. The number of benzene rings is 1. The van der Waals surface area contributed by atoms with Crippen molar-refractivity contribution < 1.29 is 9.21 Å². The van der Waals surface area contributed by atoms with Crippen LogP contribution in [0.1, 0.15) is 23.8 Å². The summed E-state index contributed by atoms with van der Waals surface area (Å²) in [5, 5.41) is 7.35. The standard InChI is InChI=1S/C17H17N3O2/c1-2-10-20-15(12-14(19-20)16-9-6-11-22-16)17(21)18-13-7-4-3-5-8-13/h3-9,11-12H,2,10H2,1H3,(H,18,21). The van der Waals surface area contributed by atoms with Gasteiger partial charge < -0.3 is 9.73 Å². The second-order valence-corrected chi connectivity index (χ2v) is 4.94. The summed E-state index contributed by atoms with van der Waals surface area (Å²) in [5.74, 6) is 0.480. The van der Waals surface area contributed by atoms with Gasteiger partial charge in [0.1, 0.15) is 11.4 Å². The Morgan fingerprint density at radius 2 is 2.05 bits per heavy atom. The monoisotopic (exact) mass is 295 g/mol. The lowest BCUT2D eigenvalue weighted by molar-refractivity contribution is 0.101. The van der Waals surface area contributed by atoms with Gasteiger partial charge in [0.2, 0.25) is 0 Å². The molecule has 0 saturated carbocycles. The molecule has 5 nitrogen and oxygen atoms in total. The maximum atomic E-state index is 12.5. The van der Waals surface area contributed by atoms with Crippen molar-refractivity contribution >= 4 is 11.6 Å². The van der Waals surface area contributed by atoms with Crippen molar-refractivity contribution in [3.05, 3.63) is 60.5 Å². The van der Waals surface area contributed by atoms with Gasteiger partial charge in [-0.15, -0.1) is 0 Å². The number of para-hydroxylation sites is 1. The zero-order valence-corrected chi connectivity index (χ0v) is 12.3. The molecule has 2 aromatic heterocycles. The predicted molar refractivity (Wildman–Crippen MR) is 84.6 cm³/mol. The highest BCUT2D eigenvalue weighted by atomic mass is 16.3. The summed E-state index contributed by atoms with van der Waals surface area (Å²) in [5.41, 5.74) is 1.95. The van der Waals surface area contributed by atoms with Gasteiger partial charge in [0, 0.05) is 18.3 Å². The van der Waals surface area contributed by atoms with E-state index in [4.69, 9.17) is 4.42 Å². The number of aromatic nitrogens is 2. The molecular weight excluding hydrogens is 278 g/mol. The maximum Gasteiger partial charge on any atom is 0.273 e. The summed E-state index contributed by atoms with van der Waals surface area (Å²) in [6.45, 7) is 2.73. The third-order valence-corrected chi connectivity index (χ3v) is 3.25. The molecule has 0 fully saturated rings. The Morgan fingerprint density at radius 1 is 1.23 bits per heavy atom. The van der Waals surface area contributed by atoms with Crippen LogP contribution in [0.5, 0.6) is 0 Å². The van der Waals surface area contributed by atoms with Gasteiger partial charge in [-0.05, 0) is 30.7 Å². The van der Waals surface area contributed by atoms with E-state index in [1.807, 2.05) is 43.3 Å². The lowest BCUT2D eigenvalue weighted by atomic mass is 10.2. The molecule has 0 aliphatic rings. The number of nitrogens with one attached hydrogen (secondary N) is 1. The van der Waals surface area contributed by atoms with Crippen LogP contribution in [0.2, 0.25) is 0 Å². The molecule has 1 aromatic carbocycles. The normalized spacial score (nSPS) is 10.6. The van der Waals surface area contributed by atoms with Crippen molar-refractivity contribution in [3.8, 4) is 11.5 Å². The SMILES string of the molecule is CCCn1nc(-c2ccco2)cc1C(=O)Nc1ccccc1. The van der Waals surface area contributed by atoms with Crippen molar-refractivity contribution in [2.24, 2.45) is 0 Å². The molecule has 1 N–H and O–H groups in total. The Labute approximate surface area is 128 Å². The zero-order valence-electron chi connectivity index (χ0n) is 12.3. The highest BCUT2D eigenvalue weighted by Crippen LogP contribution is 2.20. The molecule has 3 rings (SSSR count). The first-order valence-corrected chi connectivity index (χ1v) is 7.26. The quantitative estimate of drug-likeness (QED) is 0.778. The van der Waals surface area contributed by atoms with Gasteiger partial charge in [-0.1, -0.05) is 25.1 Å². The Kier molecular flexibility index (Phi) is 4.05. The topological polar surface area (TPSA) is 60.1 Å². The fraction of sp³-hybridized carbons (Fsp3) is 0.176.